The standard InChI is InChI=1S/C13H22N4/c1-16-6-3-7-17(9-8-16)13(10-14)12-4-2-5-15-11-12/h2,4-5,11,13H,3,6-10,14H2,1H3. The first-order valence-electron chi connectivity index (χ1n) is 6.34. The van der Waals surface area contributed by atoms with Gasteiger partial charge in [-0.2, -0.15) is 0 Å². The van der Waals surface area contributed by atoms with Crippen molar-refractivity contribution in [2.45, 2.75) is 12.5 Å². The number of nitrogens with zero attached hydrogens (tertiary/aromatic N) is 3. The first kappa shape index (κ1) is 12.5. The molecule has 2 rings (SSSR count). The molecule has 0 bridgehead atoms. The van der Waals surface area contributed by atoms with Crippen LogP contribution >= 0.6 is 0 Å². The van der Waals surface area contributed by atoms with Crippen molar-refractivity contribution in [1.82, 2.24) is 14.8 Å². The van der Waals surface area contributed by atoms with Crippen LogP contribution in [0.3, 0.4) is 0 Å². The Labute approximate surface area is 103 Å². The molecule has 0 amide bonds. The lowest BCUT2D eigenvalue weighted by Crippen LogP contribution is -2.36. The average Bonchev–Trinajstić information content (AvgIpc) is 2.57. The second kappa shape index (κ2) is 6.10. The smallest absolute Gasteiger partial charge is 0.0486 e. The maximum Gasteiger partial charge on any atom is 0.0486 e. The molecule has 1 aliphatic heterocycles. The lowest BCUT2D eigenvalue weighted by molar-refractivity contribution is 0.207. The van der Waals surface area contributed by atoms with E-state index in [2.05, 4.69) is 27.9 Å². The molecule has 4 heteroatoms. The minimum absolute atomic E-state index is 0.315. The second-order valence-electron chi connectivity index (χ2n) is 4.73. The molecule has 1 atom stereocenters. The highest BCUT2D eigenvalue weighted by Gasteiger charge is 2.21. The van der Waals surface area contributed by atoms with Crippen molar-refractivity contribution in [2.75, 3.05) is 39.8 Å². The Morgan fingerprint density at radius 1 is 1.35 bits per heavy atom. The number of rotatable bonds is 3. The molecular weight excluding hydrogens is 212 g/mol. The summed E-state index contributed by atoms with van der Waals surface area (Å²) in [5.74, 6) is 0. The zero-order chi connectivity index (χ0) is 12.1. The third kappa shape index (κ3) is 3.25. The molecule has 1 fully saturated rings. The van der Waals surface area contributed by atoms with Crippen LogP contribution in [0.4, 0.5) is 0 Å². The summed E-state index contributed by atoms with van der Waals surface area (Å²) in [7, 11) is 2.19. The third-order valence-corrected chi connectivity index (χ3v) is 3.49. The van der Waals surface area contributed by atoms with E-state index >= 15 is 0 Å². The van der Waals surface area contributed by atoms with Crippen LogP contribution in [-0.4, -0.2) is 54.6 Å². The van der Waals surface area contributed by atoms with Gasteiger partial charge in [0.2, 0.25) is 0 Å². The third-order valence-electron chi connectivity index (χ3n) is 3.49. The molecule has 1 unspecified atom stereocenters. The van der Waals surface area contributed by atoms with Crippen molar-refractivity contribution in [1.29, 1.82) is 0 Å². The molecule has 1 saturated heterocycles. The molecule has 17 heavy (non-hydrogen) atoms. The van der Waals surface area contributed by atoms with Crippen molar-refractivity contribution in [3.8, 4) is 0 Å². The highest BCUT2D eigenvalue weighted by Crippen LogP contribution is 2.20. The van der Waals surface area contributed by atoms with E-state index in [-0.39, 0.29) is 0 Å². The lowest BCUT2D eigenvalue weighted by atomic mass is 10.1. The van der Waals surface area contributed by atoms with Crippen LogP contribution < -0.4 is 5.73 Å². The van der Waals surface area contributed by atoms with E-state index < -0.39 is 0 Å². The molecular formula is C13H22N4. The quantitative estimate of drug-likeness (QED) is 0.837. The molecule has 94 valence electrons. The van der Waals surface area contributed by atoms with Crippen molar-refractivity contribution >= 4 is 0 Å². The van der Waals surface area contributed by atoms with E-state index in [1.54, 1.807) is 0 Å². The van der Waals surface area contributed by atoms with Gasteiger partial charge in [-0.25, -0.2) is 0 Å². The van der Waals surface area contributed by atoms with E-state index in [0.29, 0.717) is 12.6 Å². The van der Waals surface area contributed by atoms with Gasteiger partial charge in [-0.1, -0.05) is 6.07 Å². The molecule has 0 radical (unpaired) electrons. The summed E-state index contributed by atoms with van der Waals surface area (Å²) < 4.78 is 0. The summed E-state index contributed by atoms with van der Waals surface area (Å²) in [5, 5.41) is 0. The molecule has 2 heterocycles. The van der Waals surface area contributed by atoms with Crippen molar-refractivity contribution in [2.24, 2.45) is 5.73 Å². The fraction of sp³-hybridized carbons (Fsp3) is 0.615. The van der Waals surface area contributed by atoms with Crippen LogP contribution in [-0.2, 0) is 0 Å². The van der Waals surface area contributed by atoms with Gasteiger partial charge in [0.25, 0.3) is 0 Å². The summed E-state index contributed by atoms with van der Waals surface area (Å²) in [6.45, 7) is 5.18. The van der Waals surface area contributed by atoms with E-state index in [0.717, 1.165) is 19.6 Å². The van der Waals surface area contributed by atoms with Gasteiger partial charge in [-0.05, 0) is 31.6 Å². The Balaban J connectivity index is 2.07. The minimum Gasteiger partial charge on any atom is -0.329 e. The van der Waals surface area contributed by atoms with Crippen LogP contribution in [0.15, 0.2) is 24.5 Å². The predicted octanol–water partition coefficient (Wildman–Crippen LogP) is 0.719. The molecule has 0 spiro atoms. The Hall–Kier alpha value is -0.970. The largest absolute Gasteiger partial charge is 0.329 e. The Morgan fingerprint density at radius 3 is 2.94 bits per heavy atom. The molecule has 1 aromatic rings. The SMILES string of the molecule is CN1CCCN(C(CN)c2cccnc2)CC1. The predicted molar refractivity (Wildman–Crippen MR) is 69.7 cm³/mol. The Morgan fingerprint density at radius 2 is 2.24 bits per heavy atom. The zero-order valence-corrected chi connectivity index (χ0v) is 10.5. The van der Waals surface area contributed by atoms with Gasteiger partial charge < -0.3 is 10.6 Å². The van der Waals surface area contributed by atoms with Gasteiger partial charge in [-0.3, -0.25) is 9.88 Å². The van der Waals surface area contributed by atoms with Crippen LogP contribution in [0.1, 0.15) is 18.0 Å². The normalized spacial score (nSPS) is 21.1. The fourth-order valence-electron chi connectivity index (χ4n) is 2.45. The minimum atomic E-state index is 0.315. The summed E-state index contributed by atoms with van der Waals surface area (Å²) in [6, 6.07) is 4.43. The molecule has 4 nitrogen and oxygen atoms in total. The fourth-order valence-corrected chi connectivity index (χ4v) is 2.45. The molecule has 0 saturated carbocycles. The average molecular weight is 234 g/mol. The molecule has 0 aliphatic carbocycles. The molecule has 1 aliphatic rings. The number of aromatic nitrogens is 1. The molecule has 2 N–H and O–H groups in total. The Bertz CT molecular complexity index is 327. The van der Waals surface area contributed by atoms with Crippen molar-refractivity contribution < 1.29 is 0 Å². The summed E-state index contributed by atoms with van der Waals surface area (Å²) in [6.07, 6.45) is 4.96. The first-order valence-corrected chi connectivity index (χ1v) is 6.34. The maximum atomic E-state index is 5.94. The zero-order valence-electron chi connectivity index (χ0n) is 10.5. The Kier molecular flexibility index (Phi) is 4.48. The van der Waals surface area contributed by atoms with Crippen LogP contribution in [0.25, 0.3) is 0 Å². The number of likely N-dealkylation sites (N-methyl/N-ethyl adjacent to an activating group) is 1. The van der Waals surface area contributed by atoms with Gasteiger partial charge >= 0.3 is 0 Å². The van der Waals surface area contributed by atoms with Crippen LogP contribution in [0.5, 0.6) is 0 Å². The maximum absolute atomic E-state index is 5.94. The highest BCUT2D eigenvalue weighted by atomic mass is 15.2. The number of pyridine rings is 1. The van der Waals surface area contributed by atoms with Crippen molar-refractivity contribution in [3.05, 3.63) is 30.1 Å². The first-order chi connectivity index (χ1) is 8.31. The second-order valence-corrected chi connectivity index (χ2v) is 4.73. The van der Waals surface area contributed by atoms with Crippen LogP contribution in [0.2, 0.25) is 0 Å². The van der Waals surface area contributed by atoms with Gasteiger partial charge in [0.15, 0.2) is 0 Å². The summed E-state index contributed by atoms with van der Waals surface area (Å²) in [5.41, 5.74) is 7.17. The molecule has 0 aromatic carbocycles. The van der Waals surface area contributed by atoms with Crippen LogP contribution in [0, 0.1) is 0 Å². The number of hydrogen-bond acceptors (Lipinski definition) is 4. The summed E-state index contributed by atoms with van der Waals surface area (Å²) >= 11 is 0. The van der Waals surface area contributed by atoms with E-state index in [1.807, 2.05) is 18.5 Å². The number of hydrogen-bond donors (Lipinski definition) is 1. The lowest BCUT2D eigenvalue weighted by Gasteiger charge is -2.29. The van der Waals surface area contributed by atoms with Crippen molar-refractivity contribution in [3.63, 3.8) is 0 Å². The van der Waals surface area contributed by atoms with Gasteiger partial charge in [0.05, 0.1) is 0 Å². The van der Waals surface area contributed by atoms with Gasteiger partial charge in [-0.15, -0.1) is 0 Å². The number of nitrogens with two attached hydrogens (primary N) is 1. The topological polar surface area (TPSA) is 45.4 Å². The van der Waals surface area contributed by atoms with Gasteiger partial charge in [0, 0.05) is 44.6 Å². The van der Waals surface area contributed by atoms with E-state index in [1.165, 1.54) is 18.5 Å². The van der Waals surface area contributed by atoms with E-state index in [4.69, 9.17) is 5.73 Å². The van der Waals surface area contributed by atoms with E-state index in [9.17, 15) is 0 Å². The summed E-state index contributed by atoms with van der Waals surface area (Å²) in [4.78, 5) is 9.07. The monoisotopic (exact) mass is 234 g/mol. The highest BCUT2D eigenvalue weighted by molar-refractivity contribution is 5.14. The van der Waals surface area contributed by atoms with Gasteiger partial charge in [0.1, 0.15) is 0 Å². The molecule has 1 aromatic heterocycles.